The van der Waals surface area contributed by atoms with Crippen molar-refractivity contribution in [3.63, 3.8) is 0 Å². The van der Waals surface area contributed by atoms with Crippen LogP contribution in [0.5, 0.6) is 0 Å². The van der Waals surface area contributed by atoms with Gasteiger partial charge in [-0.05, 0) is 41.7 Å². The monoisotopic (exact) mass is 631 g/mol. The third kappa shape index (κ3) is 9.66. The van der Waals surface area contributed by atoms with E-state index in [1.807, 2.05) is 72.8 Å². The summed E-state index contributed by atoms with van der Waals surface area (Å²) in [4.78, 5) is 27.1. The van der Waals surface area contributed by atoms with Crippen molar-refractivity contribution < 1.29 is 23.1 Å². The number of aromatic nitrogens is 1. The van der Waals surface area contributed by atoms with Crippen LogP contribution in [0.1, 0.15) is 50.9 Å². The summed E-state index contributed by atoms with van der Waals surface area (Å²) in [5, 5.41) is 0. The lowest BCUT2D eigenvalue weighted by Gasteiger charge is -2.45. The first kappa shape index (κ1) is 34.3. The number of hydrogen-bond acceptors (Lipinski definition) is 3. The summed E-state index contributed by atoms with van der Waals surface area (Å²) in [6, 6.07) is 15.2. The maximum Gasteiger partial charge on any atom is 0.404 e. The van der Waals surface area contributed by atoms with Gasteiger partial charge in [0.05, 0.1) is 12.6 Å². The molecule has 43 heavy (non-hydrogen) atoms. The largest absolute Gasteiger partial charge is 0.450 e. The van der Waals surface area contributed by atoms with Crippen molar-refractivity contribution in [1.29, 1.82) is 0 Å². The Morgan fingerprint density at radius 1 is 1.05 bits per heavy atom. The van der Waals surface area contributed by atoms with E-state index in [-0.39, 0.29) is 30.0 Å². The number of primary amides is 1. The Kier molecular flexibility index (Phi) is 11.6. The van der Waals surface area contributed by atoms with Crippen LogP contribution < -0.4 is 5.73 Å². The average molecular weight is 632 g/mol. The lowest BCUT2D eigenvalue weighted by Crippen LogP contribution is -2.49. The Morgan fingerprint density at radius 3 is 2.30 bits per heavy atom. The zero-order valence-electron chi connectivity index (χ0n) is 26.0. The smallest absolute Gasteiger partial charge is 0.404 e. The minimum absolute atomic E-state index is 0.0550. The number of hydrogen-bond donors (Lipinski definition) is 1. The quantitative estimate of drug-likeness (QED) is 0.152. The molecule has 0 fully saturated rings. The van der Waals surface area contributed by atoms with Crippen molar-refractivity contribution in [2.75, 3.05) is 12.5 Å². The molecule has 0 aliphatic carbocycles. The van der Waals surface area contributed by atoms with Gasteiger partial charge in [-0.25, -0.2) is 13.6 Å². The molecule has 1 heterocycles. The van der Waals surface area contributed by atoms with Crippen LogP contribution in [0.25, 0.3) is 11.1 Å². The first-order chi connectivity index (χ1) is 20.1. The fraction of sp³-hybridized carbons (Fsp3) is 0.455. The van der Waals surface area contributed by atoms with Gasteiger partial charge in [-0.2, -0.15) is 0 Å². The molecule has 10 heteroatoms. The number of benzene rings is 2. The zero-order valence-corrected chi connectivity index (χ0v) is 27.8. The Bertz CT molecular complexity index is 1390. The summed E-state index contributed by atoms with van der Waals surface area (Å²) in [5.74, 6) is -1.58. The van der Waals surface area contributed by atoms with E-state index in [9.17, 15) is 14.0 Å². The van der Waals surface area contributed by atoms with Crippen LogP contribution in [0.3, 0.4) is 0 Å². The molecule has 0 spiro atoms. The van der Waals surface area contributed by atoms with Gasteiger partial charge in [-0.1, -0.05) is 76.8 Å². The van der Waals surface area contributed by atoms with Crippen LogP contribution >= 0.6 is 11.6 Å². The first-order valence-corrected chi connectivity index (χ1v) is 18.8. The second-order valence-electron chi connectivity index (χ2n) is 13.3. The van der Waals surface area contributed by atoms with Crippen LogP contribution in [-0.4, -0.2) is 48.1 Å². The Morgan fingerprint density at radius 2 is 1.72 bits per heavy atom. The maximum absolute atomic E-state index is 15.0. The summed E-state index contributed by atoms with van der Waals surface area (Å²) >= 11 is 6.27. The maximum atomic E-state index is 15.0. The lowest BCUT2D eigenvalue weighted by atomic mass is 9.81. The summed E-state index contributed by atoms with van der Waals surface area (Å²) in [6.45, 7) is 13.4. The van der Waals surface area contributed by atoms with Crippen LogP contribution in [-0.2, 0) is 16.1 Å². The predicted octanol–water partition coefficient (Wildman–Crippen LogP) is 8.22. The van der Waals surface area contributed by atoms with E-state index in [4.69, 9.17) is 22.1 Å². The number of carbonyl (C=O) groups excluding carboxylic acids is 2. The minimum Gasteiger partial charge on any atom is -0.450 e. The molecule has 3 aromatic rings. The van der Waals surface area contributed by atoms with E-state index in [0.29, 0.717) is 24.9 Å². The SMILES string of the molecule is CC(C)(C)[C@H](c1cc(-c2cc(F)ccc2F)cn1Cc1ccccc1)N(C(=O)CCl)C(CCOC(N)=O)CC[Si](C)(C)C. The van der Waals surface area contributed by atoms with Crippen LogP contribution in [0.4, 0.5) is 13.6 Å². The molecule has 0 bridgehead atoms. The van der Waals surface area contributed by atoms with Crippen molar-refractivity contribution in [2.24, 2.45) is 11.1 Å². The third-order valence-electron chi connectivity index (χ3n) is 7.46. The highest BCUT2D eigenvalue weighted by Gasteiger charge is 2.40. The fourth-order valence-electron chi connectivity index (χ4n) is 5.49. The van der Waals surface area contributed by atoms with Crippen LogP contribution in [0, 0.1) is 17.0 Å². The van der Waals surface area contributed by atoms with Gasteiger partial charge >= 0.3 is 6.09 Å². The summed E-state index contributed by atoms with van der Waals surface area (Å²) < 4.78 is 36.5. The van der Waals surface area contributed by atoms with E-state index in [1.54, 1.807) is 0 Å². The second-order valence-corrected chi connectivity index (χ2v) is 19.2. The molecule has 234 valence electrons. The molecule has 2 N–H and O–H groups in total. The van der Waals surface area contributed by atoms with Gasteiger partial charge in [-0.15, -0.1) is 11.6 Å². The van der Waals surface area contributed by atoms with Crippen LogP contribution in [0.15, 0.2) is 60.8 Å². The standard InChI is InChI=1S/C33H44ClF2N3O3Si/c1-33(2,3)31(39(30(40)20-34)26(14-16-42-32(37)41)15-17-43(4,5)6)29-18-24(27-19-25(35)12-13-28(27)36)22-38(29)21-23-10-8-7-9-11-23/h7-13,18-19,22,26,31H,14-17,20-21H2,1-6H3,(H2,37,41)/t26?,31-/m0/s1. The van der Waals surface area contributed by atoms with E-state index in [0.717, 1.165) is 29.4 Å². The highest BCUT2D eigenvalue weighted by molar-refractivity contribution is 6.76. The summed E-state index contributed by atoms with van der Waals surface area (Å²) in [5.41, 5.74) is 7.18. The molecule has 0 aliphatic rings. The third-order valence-corrected chi connectivity index (χ3v) is 9.48. The zero-order chi connectivity index (χ0) is 31.9. The number of nitrogens with zero attached hydrogens (tertiary/aromatic N) is 2. The summed E-state index contributed by atoms with van der Waals surface area (Å²) in [6.07, 6.45) is 2.02. The van der Waals surface area contributed by atoms with E-state index in [2.05, 4.69) is 19.6 Å². The lowest BCUT2D eigenvalue weighted by molar-refractivity contribution is -0.137. The molecular weight excluding hydrogens is 588 g/mol. The van der Waals surface area contributed by atoms with Gasteiger partial charge in [0, 0.05) is 50.1 Å². The van der Waals surface area contributed by atoms with Crippen molar-refractivity contribution in [3.8, 4) is 11.1 Å². The Balaban J connectivity index is 2.24. The molecule has 0 radical (unpaired) electrons. The Labute approximate surface area is 260 Å². The van der Waals surface area contributed by atoms with Gasteiger partial charge in [0.2, 0.25) is 5.91 Å². The molecule has 6 nitrogen and oxygen atoms in total. The average Bonchev–Trinajstić information content (AvgIpc) is 3.31. The van der Waals surface area contributed by atoms with Gasteiger partial charge in [-0.3, -0.25) is 4.79 Å². The highest BCUT2D eigenvalue weighted by atomic mass is 35.5. The van der Waals surface area contributed by atoms with Crippen molar-refractivity contribution in [2.45, 2.75) is 77.9 Å². The molecule has 1 aromatic heterocycles. The van der Waals surface area contributed by atoms with Gasteiger partial charge in [0.1, 0.15) is 17.5 Å². The molecule has 0 saturated heterocycles. The predicted molar refractivity (Wildman–Crippen MR) is 172 cm³/mol. The number of amides is 2. The van der Waals surface area contributed by atoms with Crippen molar-refractivity contribution >= 4 is 31.7 Å². The number of ether oxygens (including phenoxy) is 1. The van der Waals surface area contributed by atoms with Gasteiger partial charge in [0.15, 0.2) is 0 Å². The van der Waals surface area contributed by atoms with Crippen molar-refractivity contribution in [3.05, 3.63) is 83.7 Å². The molecule has 0 saturated carbocycles. The van der Waals surface area contributed by atoms with Crippen molar-refractivity contribution in [1.82, 2.24) is 9.47 Å². The van der Waals surface area contributed by atoms with E-state index in [1.165, 1.54) is 6.07 Å². The number of rotatable bonds is 13. The van der Waals surface area contributed by atoms with E-state index >= 15 is 4.39 Å². The normalized spacial score (nSPS) is 13.4. The topological polar surface area (TPSA) is 77.6 Å². The minimum atomic E-state index is -1.53. The van der Waals surface area contributed by atoms with Gasteiger partial charge in [0.25, 0.3) is 0 Å². The number of carbonyl (C=O) groups is 2. The molecule has 1 unspecified atom stereocenters. The second kappa shape index (κ2) is 14.5. The molecular formula is C33H44ClF2N3O3Si. The molecule has 2 aromatic carbocycles. The highest BCUT2D eigenvalue weighted by Crippen LogP contribution is 2.43. The number of nitrogens with two attached hydrogens (primary N) is 1. The Hall–Kier alpha value is -3.17. The molecule has 3 rings (SSSR count). The van der Waals surface area contributed by atoms with Gasteiger partial charge < -0.3 is 19.9 Å². The molecule has 0 aliphatic heterocycles. The number of halogens is 3. The fourth-order valence-corrected chi connectivity index (χ4v) is 6.83. The molecule has 2 amide bonds. The van der Waals surface area contributed by atoms with E-state index < -0.39 is 37.3 Å². The number of alkyl halides is 1. The molecule has 2 atom stereocenters. The van der Waals surface area contributed by atoms with Crippen LogP contribution in [0.2, 0.25) is 25.7 Å². The summed E-state index contributed by atoms with van der Waals surface area (Å²) in [7, 11) is -1.53. The first-order valence-electron chi connectivity index (χ1n) is 14.6.